The number of hydrogen-bond donors (Lipinski definition) is 1. The molecule has 5 rings (SSSR count). The van der Waals surface area contributed by atoms with E-state index < -0.39 is 11.4 Å². The predicted molar refractivity (Wildman–Crippen MR) is 122 cm³/mol. The zero-order valence-corrected chi connectivity index (χ0v) is 19.4. The Morgan fingerprint density at radius 2 is 1.94 bits per heavy atom. The Kier molecular flexibility index (Phi) is 5.19. The third kappa shape index (κ3) is 3.58. The lowest BCUT2D eigenvalue weighted by atomic mass is 9.78. The number of carbonyl (C=O) groups is 1. The molecule has 1 N–H and O–H groups in total. The number of hydrogen-bond acceptors (Lipinski definition) is 7. The molecule has 0 radical (unpaired) electrons. The van der Waals surface area contributed by atoms with E-state index in [-0.39, 0.29) is 11.1 Å². The van der Waals surface area contributed by atoms with Crippen LogP contribution in [0.3, 0.4) is 0 Å². The van der Waals surface area contributed by atoms with Crippen LogP contribution in [0.1, 0.15) is 19.5 Å². The van der Waals surface area contributed by atoms with Crippen LogP contribution in [0.5, 0.6) is 0 Å². The summed E-state index contributed by atoms with van der Waals surface area (Å²) in [6.45, 7) is 4.38. The van der Waals surface area contributed by atoms with Crippen LogP contribution in [0.4, 0.5) is 16.2 Å². The van der Waals surface area contributed by atoms with E-state index in [4.69, 9.17) is 27.9 Å². The van der Waals surface area contributed by atoms with Crippen LogP contribution < -0.4 is 10.2 Å². The highest BCUT2D eigenvalue weighted by atomic mass is 35.5. The number of amides is 2. The average Bonchev–Trinajstić information content (AvgIpc) is 3.42. The summed E-state index contributed by atoms with van der Waals surface area (Å²) in [6.07, 6.45) is 5.87. The monoisotopic (exact) mass is 487 g/mol. The summed E-state index contributed by atoms with van der Waals surface area (Å²) in [6, 6.07) is 2.86. The molecule has 0 aromatic carbocycles. The predicted octanol–water partition coefficient (Wildman–Crippen LogP) is 3.36. The quantitative estimate of drug-likeness (QED) is 0.470. The van der Waals surface area contributed by atoms with Gasteiger partial charge >= 0.3 is 6.03 Å². The maximum absolute atomic E-state index is 13.3. The van der Waals surface area contributed by atoms with E-state index in [1.165, 1.54) is 23.4 Å². The lowest BCUT2D eigenvalue weighted by Gasteiger charge is -2.43. The topological polar surface area (TPSA) is 115 Å². The molecule has 1 aliphatic heterocycles. The van der Waals surface area contributed by atoms with Crippen LogP contribution in [0.25, 0.3) is 11.5 Å². The van der Waals surface area contributed by atoms with Crippen LogP contribution in [0.15, 0.2) is 36.9 Å². The first-order valence-corrected chi connectivity index (χ1v) is 10.7. The van der Waals surface area contributed by atoms with Gasteiger partial charge in [-0.15, -0.1) is 4.80 Å². The maximum atomic E-state index is 13.3. The van der Waals surface area contributed by atoms with Gasteiger partial charge in [0.2, 0.25) is 0 Å². The first-order valence-electron chi connectivity index (χ1n) is 9.98. The Hall–Kier alpha value is -3.28. The first kappa shape index (κ1) is 21.6. The van der Waals surface area contributed by atoms with E-state index in [0.717, 1.165) is 5.69 Å². The van der Waals surface area contributed by atoms with Gasteiger partial charge in [0.25, 0.3) is 0 Å². The summed E-state index contributed by atoms with van der Waals surface area (Å²) in [5, 5.41) is 15.9. The van der Waals surface area contributed by atoms with Crippen molar-refractivity contribution in [2.24, 2.45) is 0 Å². The van der Waals surface area contributed by atoms with Crippen molar-refractivity contribution in [2.75, 3.05) is 23.9 Å². The molecule has 0 unspecified atom stereocenters. The van der Waals surface area contributed by atoms with Gasteiger partial charge in [0, 0.05) is 18.6 Å². The Morgan fingerprint density at radius 1 is 1.18 bits per heavy atom. The molecule has 0 aliphatic carbocycles. The molecule has 4 aromatic rings. The van der Waals surface area contributed by atoms with E-state index in [0.29, 0.717) is 34.5 Å². The van der Waals surface area contributed by atoms with Crippen molar-refractivity contribution in [3.8, 4) is 5.82 Å². The van der Waals surface area contributed by atoms with Crippen molar-refractivity contribution in [3.05, 3.63) is 52.8 Å². The largest absolute Gasteiger partial charge is 0.379 e. The van der Waals surface area contributed by atoms with Gasteiger partial charge in [0.15, 0.2) is 16.6 Å². The van der Waals surface area contributed by atoms with Crippen LogP contribution in [-0.4, -0.2) is 60.4 Å². The number of pyridine rings is 1. The number of ether oxygens (including phenoxy) is 1. The summed E-state index contributed by atoms with van der Waals surface area (Å²) in [4.78, 5) is 24.9. The molecule has 5 heterocycles. The molecule has 0 saturated carbocycles. The first-order chi connectivity index (χ1) is 15.8. The summed E-state index contributed by atoms with van der Waals surface area (Å²) < 4.78 is 7.42. The molecule has 2 amide bonds. The van der Waals surface area contributed by atoms with Crippen molar-refractivity contribution in [1.29, 1.82) is 0 Å². The Morgan fingerprint density at radius 3 is 2.64 bits per heavy atom. The Bertz CT molecular complexity index is 1350. The smallest absolute Gasteiger partial charge is 0.326 e. The van der Waals surface area contributed by atoms with Crippen LogP contribution in [0, 0.1) is 0 Å². The molecule has 0 spiro atoms. The van der Waals surface area contributed by atoms with E-state index in [9.17, 15) is 4.79 Å². The zero-order chi connectivity index (χ0) is 23.3. The summed E-state index contributed by atoms with van der Waals surface area (Å²) in [5.41, 5.74) is 1.90. The molecule has 1 aliphatic rings. The van der Waals surface area contributed by atoms with E-state index in [1.54, 1.807) is 34.9 Å². The van der Waals surface area contributed by atoms with Crippen molar-refractivity contribution in [3.63, 3.8) is 0 Å². The summed E-state index contributed by atoms with van der Waals surface area (Å²) >= 11 is 12.5. The van der Waals surface area contributed by atoms with Crippen LogP contribution in [-0.2, 0) is 10.2 Å². The van der Waals surface area contributed by atoms with Crippen LogP contribution in [0.2, 0.25) is 10.2 Å². The lowest BCUT2D eigenvalue weighted by molar-refractivity contribution is 0.0450. The van der Waals surface area contributed by atoms with Gasteiger partial charge in [-0.2, -0.15) is 15.3 Å². The minimum atomic E-state index is -0.472. The number of fused-ring (bicyclic) bond motifs is 3. The van der Waals surface area contributed by atoms with Gasteiger partial charge in [0.05, 0.1) is 59.5 Å². The van der Waals surface area contributed by atoms with Crippen molar-refractivity contribution in [2.45, 2.75) is 25.4 Å². The Labute approximate surface area is 198 Å². The summed E-state index contributed by atoms with van der Waals surface area (Å²) in [5.74, 6) is 0.353. The van der Waals surface area contributed by atoms with Crippen molar-refractivity contribution < 1.29 is 9.53 Å². The van der Waals surface area contributed by atoms with E-state index in [2.05, 4.69) is 30.6 Å². The number of halogens is 2. The number of methoxy groups -OCH3 is 1. The fourth-order valence-electron chi connectivity index (χ4n) is 4.07. The van der Waals surface area contributed by atoms with Gasteiger partial charge < -0.3 is 10.1 Å². The molecule has 1 atom stereocenters. The maximum Gasteiger partial charge on any atom is 0.326 e. The van der Waals surface area contributed by atoms with Gasteiger partial charge in [-0.1, -0.05) is 37.0 Å². The molecule has 4 aromatic heterocycles. The minimum Gasteiger partial charge on any atom is -0.379 e. The lowest BCUT2D eigenvalue weighted by Crippen LogP contribution is -2.53. The van der Waals surface area contributed by atoms with Gasteiger partial charge in [-0.05, 0) is 6.07 Å². The van der Waals surface area contributed by atoms with E-state index in [1.807, 2.05) is 13.8 Å². The second-order valence-corrected chi connectivity index (χ2v) is 8.86. The fourth-order valence-corrected chi connectivity index (χ4v) is 4.48. The number of nitrogens with one attached hydrogen (secondary N) is 1. The van der Waals surface area contributed by atoms with Crippen LogP contribution >= 0.6 is 23.2 Å². The Balaban J connectivity index is 1.51. The second kappa shape index (κ2) is 7.94. The van der Waals surface area contributed by atoms with Gasteiger partial charge in [0.1, 0.15) is 0 Å². The minimum absolute atomic E-state index is 0.286. The number of nitrogens with zero attached hydrogens (tertiary/aromatic N) is 8. The van der Waals surface area contributed by atoms with Gasteiger partial charge in [-0.3, -0.25) is 4.90 Å². The molecule has 0 bridgehead atoms. The fraction of sp³-hybridized carbons (Fsp3) is 0.300. The molecule has 0 fully saturated rings. The number of anilines is 2. The van der Waals surface area contributed by atoms with Gasteiger partial charge in [-0.25, -0.2) is 19.3 Å². The highest BCUT2D eigenvalue weighted by Crippen LogP contribution is 2.41. The highest BCUT2D eigenvalue weighted by Gasteiger charge is 2.44. The number of aromatic nitrogens is 7. The summed E-state index contributed by atoms with van der Waals surface area (Å²) in [7, 11) is 1.62. The SMILES string of the molecule is CO[C@H]1CN(C(=O)Nc2cnc(-n3nccn3)c(Cl)c2)c2cnc3cc(Cl)nn3c2C1(C)C. The van der Waals surface area contributed by atoms with Crippen molar-refractivity contribution in [1.82, 2.24) is 34.6 Å². The molecule has 0 saturated heterocycles. The molecule has 13 heteroatoms. The third-order valence-corrected chi connectivity index (χ3v) is 6.16. The highest BCUT2D eigenvalue weighted by molar-refractivity contribution is 6.32. The van der Waals surface area contributed by atoms with E-state index >= 15 is 0 Å². The second-order valence-electron chi connectivity index (χ2n) is 8.06. The molecule has 33 heavy (non-hydrogen) atoms. The number of urea groups is 1. The standard InChI is InChI=1S/C20H19Cl2N9O2/c1-20(2)14(33-3)10-29(13-9-23-16-7-15(22)28-30(16)17(13)20)19(32)27-11-6-12(21)18(24-8-11)31-25-4-5-26-31/h4-9,14H,10H2,1-3H3,(H,27,32)/t14-/m0/s1. The molecular weight excluding hydrogens is 469 g/mol. The normalized spacial score (nSPS) is 17.2. The zero-order valence-electron chi connectivity index (χ0n) is 17.9. The average molecular weight is 488 g/mol. The molecule has 11 nitrogen and oxygen atoms in total. The molecular formula is C20H19Cl2N9O2. The molecule has 170 valence electrons. The van der Waals surface area contributed by atoms with Crippen molar-refractivity contribution >= 4 is 46.3 Å². The number of carbonyl (C=O) groups excluding carboxylic acids is 1. The number of rotatable bonds is 3. The third-order valence-electron chi connectivity index (χ3n) is 5.70.